The molecular formula is C23H16N4O3S3. The van der Waals surface area contributed by atoms with E-state index in [0.717, 1.165) is 39.4 Å². The van der Waals surface area contributed by atoms with Gasteiger partial charge in [-0.05, 0) is 37.0 Å². The summed E-state index contributed by atoms with van der Waals surface area (Å²) in [5, 5.41) is 3.76. The van der Waals surface area contributed by atoms with E-state index in [0.29, 0.717) is 16.2 Å². The van der Waals surface area contributed by atoms with Crippen LogP contribution < -0.4 is 5.56 Å². The van der Waals surface area contributed by atoms with Crippen molar-refractivity contribution < 1.29 is 9.53 Å². The lowest BCUT2D eigenvalue weighted by atomic mass is 10.2. The molecule has 0 spiro atoms. The zero-order chi connectivity index (χ0) is 22.4. The van der Waals surface area contributed by atoms with Crippen molar-refractivity contribution in [2.24, 2.45) is 0 Å². The van der Waals surface area contributed by atoms with Crippen molar-refractivity contribution in [3.63, 3.8) is 0 Å². The summed E-state index contributed by atoms with van der Waals surface area (Å²) in [5.41, 5.74) is 2.03. The van der Waals surface area contributed by atoms with E-state index in [9.17, 15) is 9.59 Å². The third-order valence-electron chi connectivity index (χ3n) is 5.49. The summed E-state index contributed by atoms with van der Waals surface area (Å²) < 4.78 is 6.99. The maximum atomic E-state index is 13.0. The number of nitrogens with zero attached hydrogens (tertiary/aromatic N) is 4. The number of thiazole rings is 1. The first kappa shape index (κ1) is 20.5. The fourth-order valence-corrected chi connectivity index (χ4v) is 7.05. The minimum atomic E-state index is -0.466. The number of esters is 1. The molecule has 0 saturated carbocycles. The van der Waals surface area contributed by atoms with Crippen LogP contribution in [0, 0.1) is 0 Å². The zero-order valence-electron chi connectivity index (χ0n) is 17.2. The molecular weight excluding hydrogens is 476 g/mol. The summed E-state index contributed by atoms with van der Waals surface area (Å²) in [7, 11) is 0. The smallest absolute Gasteiger partial charge is 0.339 e. The Labute approximate surface area is 200 Å². The first-order chi connectivity index (χ1) is 16.2. The number of ether oxygens (including phenoxy) is 1. The molecule has 0 fully saturated rings. The van der Waals surface area contributed by atoms with Crippen molar-refractivity contribution in [3.05, 3.63) is 80.3 Å². The van der Waals surface area contributed by atoms with Gasteiger partial charge in [0.1, 0.15) is 22.8 Å². The largest absolute Gasteiger partial charge is 0.456 e. The summed E-state index contributed by atoms with van der Waals surface area (Å²) >= 11 is 4.55. The topological polar surface area (TPSA) is 86.5 Å². The molecule has 7 nitrogen and oxygen atoms in total. The summed E-state index contributed by atoms with van der Waals surface area (Å²) in [6.07, 6.45) is 6.56. The van der Waals surface area contributed by atoms with Crippen molar-refractivity contribution in [3.8, 4) is 0 Å². The van der Waals surface area contributed by atoms with E-state index in [4.69, 9.17) is 4.74 Å². The first-order valence-corrected chi connectivity index (χ1v) is 12.8. The number of fused-ring (bicyclic) bond motifs is 4. The van der Waals surface area contributed by atoms with Crippen LogP contribution in [0.25, 0.3) is 15.2 Å². The van der Waals surface area contributed by atoms with E-state index in [1.807, 2.05) is 12.1 Å². The lowest BCUT2D eigenvalue weighted by Gasteiger charge is -2.10. The van der Waals surface area contributed by atoms with Crippen LogP contribution in [-0.4, -0.2) is 25.3 Å². The van der Waals surface area contributed by atoms with Crippen LogP contribution in [0.5, 0.6) is 0 Å². The van der Waals surface area contributed by atoms with Crippen molar-refractivity contribution >= 4 is 55.6 Å². The van der Waals surface area contributed by atoms with Gasteiger partial charge in [0.05, 0.1) is 11.3 Å². The Balaban J connectivity index is 1.27. The Bertz CT molecular complexity index is 1590. The molecule has 4 heterocycles. The normalized spacial score (nSPS) is 13.0. The monoisotopic (exact) mass is 492 g/mol. The predicted molar refractivity (Wildman–Crippen MR) is 128 cm³/mol. The number of hydrogen-bond acceptors (Lipinski definition) is 9. The average Bonchev–Trinajstić information content (AvgIpc) is 3.54. The second kappa shape index (κ2) is 8.36. The van der Waals surface area contributed by atoms with Crippen molar-refractivity contribution in [2.45, 2.75) is 35.8 Å². The third-order valence-corrected chi connectivity index (χ3v) is 8.52. The van der Waals surface area contributed by atoms with Gasteiger partial charge >= 0.3 is 5.97 Å². The Morgan fingerprint density at radius 2 is 2.12 bits per heavy atom. The number of rotatable bonds is 5. The third kappa shape index (κ3) is 3.73. The molecule has 0 aliphatic heterocycles. The SMILES string of the molecule is O=C(OCc1cc(=O)n2ccsc2n1)c1ccccc1Sc1ncnc2sc3c(c12)CCC3. The second-order valence-corrected chi connectivity index (χ2v) is 10.5. The summed E-state index contributed by atoms with van der Waals surface area (Å²) in [5.74, 6) is -0.466. The number of aromatic nitrogens is 4. The van der Waals surface area contributed by atoms with Gasteiger partial charge in [-0.15, -0.1) is 22.7 Å². The van der Waals surface area contributed by atoms with Crippen LogP contribution in [0.2, 0.25) is 0 Å². The average molecular weight is 493 g/mol. The van der Waals surface area contributed by atoms with Crippen LogP contribution in [0.3, 0.4) is 0 Å². The highest BCUT2D eigenvalue weighted by molar-refractivity contribution is 7.99. The molecule has 10 heteroatoms. The van der Waals surface area contributed by atoms with Crippen LogP contribution in [0.4, 0.5) is 0 Å². The molecule has 6 rings (SSSR count). The van der Waals surface area contributed by atoms with Gasteiger partial charge in [0.15, 0.2) is 4.96 Å². The highest BCUT2D eigenvalue weighted by Crippen LogP contribution is 2.42. The predicted octanol–water partition coefficient (Wildman–Crippen LogP) is 4.76. The molecule has 0 N–H and O–H groups in total. The maximum Gasteiger partial charge on any atom is 0.339 e. The van der Waals surface area contributed by atoms with E-state index in [2.05, 4.69) is 15.0 Å². The molecule has 0 saturated heterocycles. The number of aryl methyl sites for hydroxylation is 2. The van der Waals surface area contributed by atoms with Crippen LogP contribution in [0.15, 0.2) is 63.0 Å². The minimum absolute atomic E-state index is 0.0722. The van der Waals surface area contributed by atoms with E-state index in [1.54, 1.807) is 41.4 Å². The van der Waals surface area contributed by atoms with E-state index in [1.165, 1.54) is 44.0 Å². The van der Waals surface area contributed by atoms with Gasteiger partial charge in [-0.1, -0.05) is 23.9 Å². The second-order valence-electron chi connectivity index (χ2n) is 7.53. The lowest BCUT2D eigenvalue weighted by Crippen LogP contribution is -2.15. The highest BCUT2D eigenvalue weighted by atomic mass is 32.2. The number of thiophene rings is 1. The van der Waals surface area contributed by atoms with Crippen molar-refractivity contribution in [1.29, 1.82) is 0 Å². The van der Waals surface area contributed by atoms with Crippen LogP contribution >= 0.6 is 34.4 Å². The maximum absolute atomic E-state index is 13.0. The Morgan fingerprint density at radius 3 is 3.06 bits per heavy atom. The van der Waals surface area contributed by atoms with E-state index >= 15 is 0 Å². The molecule has 0 atom stereocenters. The summed E-state index contributed by atoms with van der Waals surface area (Å²) in [6, 6.07) is 8.72. The first-order valence-electron chi connectivity index (χ1n) is 10.3. The van der Waals surface area contributed by atoms with Gasteiger partial charge in [-0.2, -0.15) is 0 Å². The summed E-state index contributed by atoms with van der Waals surface area (Å²) in [4.78, 5) is 42.3. The van der Waals surface area contributed by atoms with Crippen LogP contribution in [0.1, 0.15) is 32.9 Å². The Kier molecular flexibility index (Phi) is 5.20. The van der Waals surface area contributed by atoms with Crippen LogP contribution in [-0.2, 0) is 24.2 Å². The lowest BCUT2D eigenvalue weighted by molar-refractivity contribution is 0.0463. The number of hydrogen-bond donors (Lipinski definition) is 0. The molecule has 164 valence electrons. The molecule has 1 aromatic carbocycles. The zero-order valence-corrected chi connectivity index (χ0v) is 19.6. The molecule has 0 radical (unpaired) electrons. The van der Waals surface area contributed by atoms with Gasteiger partial charge in [-0.3, -0.25) is 9.20 Å². The van der Waals surface area contributed by atoms with E-state index < -0.39 is 5.97 Å². The van der Waals surface area contributed by atoms with Gasteiger partial charge in [0.2, 0.25) is 0 Å². The molecule has 1 aliphatic rings. The fourth-order valence-electron chi connectivity index (χ4n) is 3.98. The Morgan fingerprint density at radius 1 is 1.21 bits per heavy atom. The fraction of sp³-hybridized carbons (Fsp3) is 0.174. The molecule has 0 bridgehead atoms. The van der Waals surface area contributed by atoms with E-state index in [-0.39, 0.29) is 12.2 Å². The molecule has 33 heavy (non-hydrogen) atoms. The number of carbonyl (C=O) groups excluding carboxylic acids is 1. The molecule has 5 aromatic rings. The molecule has 4 aromatic heterocycles. The van der Waals surface area contributed by atoms with Gasteiger partial charge < -0.3 is 4.74 Å². The minimum Gasteiger partial charge on any atom is -0.456 e. The standard InChI is InChI=1S/C23H16N4O3S3/c28-18-10-13(26-23-27(18)8-9-31-23)11-30-22(29)15-4-1-2-6-17(15)33-21-19-14-5-3-7-16(14)32-20(19)24-12-25-21/h1-2,4,6,8-10,12H,3,5,7,11H2. The number of carbonyl (C=O) groups is 1. The van der Waals surface area contributed by atoms with Gasteiger partial charge in [0.25, 0.3) is 5.56 Å². The van der Waals surface area contributed by atoms with Crippen molar-refractivity contribution in [2.75, 3.05) is 0 Å². The number of benzene rings is 1. The quantitative estimate of drug-likeness (QED) is 0.258. The molecule has 0 amide bonds. The van der Waals surface area contributed by atoms with Gasteiger partial charge in [0, 0.05) is 32.8 Å². The van der Waals surface area contributed by atoms with Crippen molar-refractivity contribution in [1.82, 2.24) is 19.4 Å². The van der Waals surface area contributed by atoms with Gasteiger partial charge in [-0.25, -0.2) is 19.7 Å². The highest BCUT2D eigenvalue weighted by Gasteiger charge is 2.23. The Hall–Kier alpha value is -3.08. The molecule has 1 aliphatic carbocycles. The summed E-state index contributed by atoms with van der Waals surface area (Å²) in [6.45, 7) is -0.0722. The molecule has 0 unspecified atom stereocenters.